The molecule has 0 radical (unpaired) electrons. The van der Waals surface area contributed by atoms with E-state index in [0.29, 0.717) is 0 Å². The van der Waals surface area contributed by atoms with E-state index < -0.39 is 5.60 Å². The van der Waals surface area contributed by atoms with Gasteiger partial charge >= 0.3 is 6.09 Å². The Morgan fingerprint density at radius 3 is 2.62 bits per heavy atom. The topological polar surface area (TPSA) is 54.5 Å². The van der Waals surface area contributed by atoms with Crippen LogP contribution >= 0.6 is 0 Å². The molecule has 0 unspecified atom stereocenters. The van der Waals surface area contributed by atoms with Crippen LogP contribution in [0.4, 0.5) is 10.6 Å². The van der Waals surface area contributed by atoms with Gasteiger partial charge in [0.2, 0.25) is 0 Å². The third kappa shape index (κ3) is 3.89. The van der Waals surface area contributed by atoms with Crippen LogP contribution in [0.2, 0.25) is 0 Å². The van der Waals surface area contributed by atoms with E-state index in [2.05, 4.69) is 16.4 Å². The third-order valence-corrected chi connectivity index (χ3v) is 4.76. The molecule has 3 rings (SSSR count). The summed E-state index contributed by atoms with van der Waals surface area (Å²) in [5.41, 5.74) is 0.613. The number of ether oxygens (including phenoxy) is 1. The van der Waals surface area contributed by atoms with E-state index in [-0.39, 0.29) is 18.2 Å². The Morgan fingerprint density at radius 2 is 2.00 bits per heavy atom. The molecule has 1 saturated heterocycles. The van der Waals surface area contributed by atoms with Crippen molar-refractivity contribution in [3.63, 3.8) is 0 Å². The van der Waals surface area contributed by atoms with Gasteiger partial charge in [0, 0.05) is 23.8 Å². The van der Waals surface area contributed by atoms with Gasteiger partial charge in [0.15, 0.2) is 0 Å². The van der Waals surface area contributed by atoms with Crippen molar-refractivity contribution in [3.05, 3.63) is 23.9 Å². The Morgan fingerprint density at radius 1 is 1.25 bits per heavy atom. The number of carbonyl (C=O) groups excluding carboxylic acids is 1. The van der Waals surface area contributed by atoms with E-state index in [1.165, 1.54) is 0 Å². The van der Waals surface area contributed by atoms with Crippen LogP contribution in [0.3, 0.4) is 0 Å². The van der Waals surface area contributed by atoms with E-state index in [9.17, 15) is 4.79 Å². The zero-order valence-electron chi connectivity index (χ0n) is 15.0. The third-order valence-electron chi connectivity index (χ3n) is 4.76. The number of carbonyl (C=O) groups is 1. The molecule has 24 heavy (non-hydrogen) atoms. The van der Waals surface area contributed by atoms with Gasteiger partial charge in [0.1, 0.15) is 11.4 Å². The van der Waals surface area contributed by atoms with Gasteiger partial charge in [0.25, 0.3) is 0 Å². The fourth-order valence-electron chi connectivity index (χ4n) is 3.71. The predicted octanol–water partition coefficient (Wildman–Crippen LogP) is 4.19. The maximum atomic E-state index is 13.0. The minimum Gasteiger partial charge on any atom is -0.443 e. The van der Waals surface area contributed by atoms with Crippen molar-refractivity contribution in [1.82, 2.24) is 10.3 Å². The predicted molar refractivity (Wildman–Crippen MR) is 95.2 cm³/mol. The van der Waals surface area contributed by atoms with Gasteiger partial charge in [-0.3, -0.25) is 4.90 Å². The lowest BCUT2D eigenvalue weighted by Gasteiger charge is -2.32. The molecule has 1 aliphatic heterocycles. The SMILES string of the molecule is CC(C)(C)OC(=O)N(c1ncccc1[C@H]1CCCN1)C1CCCC1. The number of nitrogens with one attached hydrogen (secondary N) is 1. The summed E-state index contributed by atoms with van der Waals surface area (Å²) in [6.45, 7) is 6.76. The van der Waals surface area contributed by atoms with E-state index in [1.54, 1.807) is 6.20 Å². The van der Waals surface area contributed by atoms with Crippen LogP contribution in [0.5, 0.6) is 0 Å². The molecule has 0 bridgehead atoms. The lowest BCUT2D eigenvalue weighted by Crippen LogP contribution is -2.43. The number of pyridine rings is 1. The van der Waals surface area contributed by atoms with Crippen LogP contribution < -0.4 is 10.2 Å². The number of hydrogen-bond acceptors (Lipinski definition) is 4. The van der Waals surface area contributed by atoms with Crippen LogP contribution in [-0.2, 0) is 4.74 Å². The molecule has 5 heteroatoms. The van der Waals surface area contributed by atoms with Crippen molar-refractivity contribution < 1.29 is 9.53 Å². The maximum absolute atomic E-state index is 13.0. The second-order valence-corrected chi connectivity index (χ2v) is 7.85. The lowest BCUT2D eigenvalue weighted by atomic mass is 10.0. The molecule has 1 atom stereocenters. The fourth-order valence-corrected chi connectivity index (χ4v) is 3.71. The highest BCUT2D eigenvalue weighted by Crippen LogP contribution is 2.35. The van der Waals surface area contributed by atoms with Gasteiger partial charge in [0.05, 0.1) is 0 Å². The van der Waals surface area contributed by atoms with Gasteiger partial charge < -0.3 is 10.1 Å². The first-order valence-corrected chi connectivity index (χ1v) is 9.16. The summed E-state index contributed by atoms with van der Waals surface area (Å²) in [6, 6.07) is 4.52. The van der Waals surface area contributed by atoms with Crippen LogP contribution in [0, 0.1) is 0 Å². The summed E-state index contributed by atoms with van der Waals surface area (Å²) in [5.74, 6) is 0.776. The Bertz CT molecular complexity index is 570. The normalized spacial score (nSPS) is 21.9. The van der Waals surface area contributed by atoms with Gasteiger partial charge in [-0.1, -0.05) is 18.9 Å². The van der Waals surface area contributed by atoms with E-state index in [0.717, 1.165) is 56.5 Å². The fraction of sp³-hybridized carbons (Fsp3) is 0.684. The van der Waals surface area contributed by atoms with Crippen molar-refractivity contribution in [3.8, 4) is 0 Å². The average molecular weight is 331 g/mol. The standard InChI is InChI=1S/C19H29N3O2/c1-19(2,3)24-18(23)22(14-8-4-5-9-14)17-15(10-6-13-21-17)16-11-7-12-20-16/h6,10,13-14,16,20H,4-5,7-9,11-12H2,1-3H3/t16-/m1/s1. The van der Waals surface area contributed by atoms with Crippen LogP contribution in [0.1, 0.15) is 70.9 Å². The van der Waals surface area contributed by atoms with Gasteiger partial charge in [-0.15, -0.1) is 0 Å². The van der Waals surface area contributed by atoms with Gasteiger partial charge in [-0.2, -0.15) is 0 Å². The molecule has 1 aliphatic carbocycles. The molecular weight excluding hydrogens is 302 g/mol. The highest BCUT2D eigenvalue weighted by molar-refractivity contribution is 5.88. The Kier molecular flexibility index (Phi) is 5.09. The summed E-state index contributed by atoms with van der Waals surface area (Å²) in [6.07, 6.45) is 8.12. The molecule has 2 fully saturated rings. The molecule has 1 aromatic heterocycles. The monoisotopic (exact) mass is 331 g/mol. The van der Waals surface area contributed by atoms with Gasteiger partial charge in [-0.05, 0) is 59.1 Å². The van der Waals surface area contributed by atoms with Gasteiger partial charge in [-0.25, -0.2) is 9.78 Å². The highest BCUT2D eigenvalue weighted by Gasteiger charge is 2.35. The minimum absolute atomic E-state index is 0.190. The average Bonchev–Trinajstić information content (AvgIpc) is 3.19. The van der Waals surface area contributed by atoms with E-state index >= 15 is 0 Å². The first-order valence-electron chi connectivity index (χ1n) is 9.16. The zero-order valence-corrected chi connectivity index (χ0v) is 15.0. The molecule has 0 aromatic carbocycles. The molecule has 1 N–H and O–H groups in total. The van der Waals surface area contributed by atoms with E-state index in [4.69, 9.17) is 4.74 Å². The lowest BCUT2D eigenvalue weighted by molar-refractivity contribution is 0.0564. The summed E-state index contributed by atoms with van der Waals surface area (Å²) < 4.78 is 5.71. The summed E-state index contributed by atoms with van der Waals surface area (Å²) in [4.78, 5) is 19.4. The van der Waals surface area contributed by atoms with Crippen LogP contribution in [-0.4, -0.2) is 29.3 Å². The number of rotatable bonds is 3. The second kappa shape index (κ2) is 7.09. The molecule has 1 aromatic rings. The largest absolute Gasteiger partial charge is 0.443 e. The molecule has 2 aliphatic rings. The quantitative estimate of drug-likeness (QED) is 0.902. The smallest absolute Gasteiger partial charge is 0.416 e. The number of amides is 1. The summed E-state index contributed by atoms with van der Waals surface area (Å²) in [7, 11) is 0. The maximum Gasteiger partial charge on any atom is 0.416 e. The van der Waals surface area contributed by atoms with Crippen molar-refractivity contribution in [2.45, 2.75) is 77.0 Å². The zero-order chi connectivity index (χ0) is 17.2. The second-order valence-electron chi connectivity index (χ2n) is 7.85. The Labute approximate surface area is 144 Å². The van der Waals surface area contributed by atoms with Crippen LogP contribution in [0.25, 0.3) is 0 Å². The molecular formula is C19H29N3O2. The molecule has 1 amide bonds. The minimum atomic E-state index is -0.505. The molecule has 2 heterocycles. The van der Waals surface area contributed by atoms with Crippen molar-refractivity contribution in [2.24, 2.45) is 0 Å². The van der Waals surface area contributed by atoms with Crippen molar-refractivity contribution >= 4 is 11.9 Å². The first-order chi connectivity index (χ1) is 11.5. The number of anilines is 1. The molecule has 5 nitrogen and oxygen atoms in total. The summed E-state index contributed by atoms with van der Waals surface area (Å²) >= 11 is 0. The Hall–Kier alpha value is -1.62. The molecule has 1 saturated carbocycles. The van der Waals surface area contributed by atoms with Crippen molar-refractivity contribution in [1.29, 1.82) is 0 Å². The van der Waals surface area contributed by atoms with Crippen LogP contribution in [0.15, 0.2) is 18.3 Å². The Balaban J connectivity index is 1.94. The first kappa shape index (κ1) is 17.2. The van der Waals surface area contributed by atoms with E-state index in [1.807, 2.05) is 31.7 Å². The molecule has 0 spiro atoms. The number of nitrogens with zero attached hydrogens (tertiary/aromatic N) is 2. The van der Waals surface area contributed by atoms with Crippen molar-refractivity contribution in [2.75, 3.05) is 11.4 Å². The molecule has 132 valence electrons. The summed E-state index contributed by atoms with van der Waals surface area (Å²) in [5, 5.41) is 3.53. The number of aromatic nitrogens is 1. The number of hydrogen-bond donors (Lipinski definition) is 1. The highest BCUT2D eigenvalue weighted by atomic mass is 16.6.